The number of hydrogen-bond acceptors (Lipinski definition) is 3. The molecule has 0 unspecified atom stereocenters. The lowest BCUT2D eigenvalue weighted by Gasteiger charge is -2.15. The lowest BCUT2D eigenvalue weighted by atomic mass is 10.2. The lowest BCUT2D eigenvalue weighted by Crippen LogP contribution is -2.43. The second kappa shape index (κ2) is 6.06. The highest BCUT2D eigenvalue weighted by Gasteiger charge is 2.31. The topological polar surface area (TPSA) is 49.4 Å². The van der Waals surface area contributed by atoms with Crippen molar-refractivity contribution in [1.82, 2.24) is 0 Å². The van der Waals surface area contributed by atoms with E-state index in [0.29, 0.717) is 0 Å². The highest BCUT2D eigenvalue weighted by atomic mass is 127. The zero-order valence-corrected chi connectivity index (χ0v) is 10.7. The molecule has 0 saturated heterocycles. The molecule has 3 nitrogen and oxygen atoms in total. The molecular weight excluding hydrogens is 345 g/mol. The van der Waals surface area contributed by atoms with Crippen molar-refractivity contribution in [3.63, 3.8) is 0 Å². The summed E-state index contributed by atoms with van der Waals surface area (Å²) in [6.45, 7) is -0.507. The molecule has 1 rings (SSSR count). The van der Waals surface area contributed by atoms with E-state index in [0.717, 1.165) is 9.13 Å². The number of benzene rings is 1. The van der Waals surface area contributed by atoms with Crippen molar-refractivity contribution in [1.29, 1.82) is 0 Å². The van der Waals surface area contributed by atoms with Crippen molar-refractivity contribution in [2.75, 3.05) is 6.61 Å². The van der Waals surface area contributed by atoms with Gasteiger partial charge in [-0.3, -0.25) is 0 Å². The van der Waals surface area contributed by atoms with Crippen LogP contribution in [0.5, 0.6) is 0 Å². The van der Waals surface area contributed by atoms with Gasteiger partial charge >= 0.3 is 6.11 Å². The highest BCUT2D eigenvalue weighted by molar-refractivity contribution is 14.1. The van der Waals surface area contributed by atoms with Crippen LogP contribution in [-0.2, 0) is 9.53 Å². The Morgan fingerprint density at radius 3 is 2.53 bits per heavy atom. The molecule has 0 amide bonds. The van der Waals surface area contributed by atoms with Crippen molar-refractivity contribution in [2.24, 2.45) is 0 Å². The van der Waals surface area contributed by atoms with Gasteiger partial charge < -0.3 is 14.6 Å². The van der Waals surface area contributed by atoms with Crippen molar-refractivity contribution >= 4 is 34.6 Å². The number of halogens is 3. The van der Waals surface area contributed by atoms with Crippen LogP contribution in [-0.4, -0.2) is 18.7 Å². The molecule has 17 heavy (non-hydrogen) atoms. The van der Waals surface area contributed by atoms with Gasteiger partial charge in [-0.1, -0.05) is 24.3 Å². The molecular formula is C11H8F2IO3-. The van der Waals surface area contributed by atoms with Crippen LogP contribution in [0.25, 0.3) is 6.08 Å². The number of carbonyl (C=O) groups is 1. The summed E-state index contributed by atoms with van der Waals surface area (Å²) in [6.07, 6.45) is -1.39. The minimum atomic E-state index is -4.25. The molecule has 1 aromatic carbocycles. The van der Waals surface area contributed by atoms with Gasteiger partial charge in [0, 0.05) is 3.57 Å². The molecule has 92 valence electrons. The molecule has 0 spiro atoms. The molecule has 6 heteroatoms. The number of alkyl halides is 2. The summed E-state index contributed by atoms with van der Waals surface area (Å²) in [4.78, 5) is 9.91. The quantitative estimate of drug-likeness (QED) is 0.757. The Bertz CT molecular complexity index is 415. The Labute approximate surface area is 110 Å². The Morgan fingerprint density at radius 2 is 2.00 bits per heavy atom. The van der Waals surface area contributed by atoms with Gasteiger partial charge in [0.25, 0.3) is 0 Å². The van der Waals surface area contributed by atoms with Gasteiger partial charge in [-0.15, -0.1) is 0 Å². The largest absolute Gasteiger partial charge is 0.542 e. The molecule has 0 aromatic heterocycles. The third-order valence-electron chi connectivity index (χ3n) is 1.78. The van der Waals surface area contributed by atoms with E-state index in [2.05, 4.69) is 27.3 Å². The SMILES string of the molecule is O=C([O-])C(F)(F)OC/C=C/c1ccc(I)cc1. The van der Waals surface area contributed by atoms with E-state index in [1.54, 1.807) is 18.2 Å². The molecule has 0 saturated carbocycles. The number of aliphatic carboxylic acids is 1. The van der Waals surface area contributed by atoms with Gasteiger partial charge in [-0.25, -0.2) is 0 Å². The first-order chi connectivity index (χ1) is 7.92. The predicted octanol–water partition coefficient (Wildman–Crippen LogP) is 1.66. The Morgan fingerprint density at radius 1 is 1.41 bits per heavy atom. The second-order valence-corrected chi connectivity index (χ2v) is 4.31. The van der Waals surface area contributed by atoms with Crippen molar-refractivity contribution < 1.29 is 23.4 Å². The summed E-state index contributed by atoms with van der Waals surface area (Å²) in [7, 11) is 0. The monoisotopic (exact) mass is 353 g/mol. The predicted molar refractivity (Wildman–Crippen MR) is 64.1 cm³/mol. The smallest absolute Gasteiger partial charge is 0.397 e. The molecule has 0 atom stereocenters. The number of ether oxygens (including phenoxy) is 1. The second-order valence-electron chi connectivity index (χ2n) is 3.07. The minimum Gasteiger partial charge on any atom is -0.542 e. The van der Waals surface area contributed by atoms with Crippen molar-refractivity contribution in [3.8, 4) is 0 Å². The van der Waals surface area contributed by atoms with E-state index in [4.69, 9.17) is 0 Å². The van der Waals surface area contributed by atoms with Crippen LogP contribution >= 0.6 is 22.6 Å². The van der Waals surface area contributed by atoms with E-state index in [-0.39, 0.29) is 0 Å². The number of carbonyl (C=O) groups excluding carboxylic acids is 1. The maximum atomic E-state index is 12.4. The first-order valence-corrected chi connectivity index (χ1v) is 5.65. The van der Waals surface area contributed by atoms with Crippen LogP contribution in [0.1, 0.15) is 5.56 Å². The molecule has 0 aliphatic rings. The molecule has 0 heterocycles. The van der Waals surface area contributed by atoms with Gasteiger partial charge in [0.2, 0.25) is 0 Å². The summed E-state index contributed by atoms with van der Waals surface area (Å²) in [5.41, 5.74) is 0.811. The van der Waals surface area contributed by atoms with Crippen LogP contribution < -0.4 is 5.11 Å². The molecule has 1 aromatic rings. The third-order valence-corrected chi connectivity index (χ3v) is 2.50. The van der Waals surface area contributed by atoms with Crippen LogP contribution in [0, 0.1) is 3.57 Å². The molecule has 0 N–H and O–H groups in total. The molecule has 0 aliphatic carbocycles. The van der Waals surface area contributed by atoms with Gasteiger partial charge in [-0.2, -0.15) is 8.78 Å². The Kier molecular flexibility index (Phi) is 5.01. The Balaban J connectivity index is 2.46. The summed E-state index contributed by atoms with van der Waals surface area (Å²) < 4.78 is 29.7. The van der Waals surface area contributed by atoms with Gasteiger partial charge in [0.05, 0.1) is 6.61 Å². The summed E-state index contributed by atoms with van der Waals surface area (Å²) in [5.74, 6) is -2.54. The van der Waals surface area contributed by atoms with E-state index >= 15 is 0 Å². The molecule has 0 bridgehead atoms. The van der Waals surface area contributed by atoms with Crippen LogP contribution in [0.4, 0.5) is 8.78 Å². The summed E-state index contributed by atoms with van der Waals surface area (Å²) >= 11 is 2.14. The van der Waals surface area contributed by atoms with Gasteiger partial charge in [0.15, 0.2) is 0 Å². The maximum Gasteiger partial charge on any atom is 0.397 e. The standard InChI is InChI=1S/C11H9F2IO3/c12-11(13,10(15)16)17-7-1-2-8-3-5-9(14)6-4-8/h1-6H,7H2,(H,15,16)/p-1/b2-1+. The third kappa shape index (κ3) is 4.78. The van der Waals surface area contributed by atoms with Crippen LogP contribution in [0.15, 0.2) is 30.3 Å². The highest BCUT2D eigenvalue weighted by Crippen LogP contribution is 2.14. The molecule has 0 radical (unpaired) electrons. The fourth-order valence-corrected chi connectivity index (χ4v) is 1.33. The zero-order valence-electron chi connectivity index (χ0n) is 8.53. The number of carboxylic acid groups (broad SMARTS) is 1. The number of rotatable bonds is 5. The fraction of sp³-hybridized carbons (Fsp3) is 0.182. The van der Waals surface area contributed by atoms with Crippen molar-refractivity contribution in [3.05, 3.63) is 39.5 Å². The van der Waals surface area contributed by atoms with Gasteiger partial charge in [0.1, 0.15) is 5.97 Å². The first kappa shape index (κ1) is 14.0. The van der Waals surface area contributed by atoms with Crippen molar-refractivity contribution in [2.45, 2.75) is 6.11 Å². The van der Waals surface area contributed by atoms with E-state index in [1.807, 2.05) is 12.1 Å². The first-order valence-electron chi connectivity index (χ1n) is 4.57. The van der Waals surface area contributed by atoms with Crippen LogP contribution in [0.2, 0.25) is 0 Å². The van der Waals surface area contributed by atoms with Gasteiger partial charge in [-0.05, 0) is 40.3 Å². The molecule has 0 fully saturated rings. The van der Waals surface area contributed by atoms with E-state index < -0.39 is 18.7 Å². The lowest BCUT2D eigenvalue weighted by molar-refractivity contribution is -0.361. The number of hydrogen-bond donors (Lipinski definition) is 0. The normalized spacial score (nSPS) is 11.9. The summed E-state index contributed by atoms with van der Waals surface area (Å²) in [6, 6.07) is 7.32. The maximum absolute atomic E-state index is 12.4. The van der Waals surface area contributed by atoms with E-state index in [1.165, 1.54) is 6.08 Å². The average molecular weight is 353 g/mol. The molecule has 0 aliphatic heterocycles. The van der Waals surface area contributed by atoms with Crippen LogP contribution in [0.3, 0.4) is 0 Å². The minimum absolute atomic E-state index is 0.507. The van der Waals surface area contributed by atoms with E-state index in [9.17, 15) is 18.7 Å². The summed E-state index contributed by atoms with van der Waals surface area (Å²) in [5, 5.41) is 9.91. The fourth-order valence-electron chi connectivity index (χ4n) is 0.970. The Hall–Kier alpha value is -1.02. The zero-order chi connectivity index (χ0) is 12.9. The number of carboxylic acids is 1. The average Bonchev–Trinajstić information content (AvgIpc) is 2.26.